The van der Waals surface area contributed by atoms with Gasteiger partial charge in [-0.2, -0.15) is 0 Å². The molecule has 0 saturated carbocycles. The second-order valence-electron chi connectivity index (χ2n) is 5.33. The summed E-state index contributed by atoms with van der Waals surface area (Å²) in [7, 11) is 3.90. The van der Waals surface area contributed by atoms with Gasteiger partial charge in [-0.15, -0.1) is 0 Å². The molecule has 0 spiro atoms. The molecule has 5 nitrogen and oxygen atoms in total. The number of anilines is 2. The summed E-state index contributed by atoms with van der Waals surface area (Å²) in [5.41, 5.74) is 2.52. The first-order chi connectivity index (χ1) is 11.0. The first-order valence-corrected chi connectivity index (χ1v) is 7.58. The average molecular weight is 334 g/mol. The zero-order valence-electron chi connectivity index (χ0n) is 13.1. The van der Waals surface area contributed by atoms with Crippen LogP contribution in [0.4, 0.5) is 16.2 Å². The quantitative estimate of drug-likeness (QED) is 0.787. The molecule has 0 aromatic heterocycles. The molecule has 0 fully saturated rings. The molecule has 0 radical (unpaired) electrons. The van der Waals surface area contributed by atoms with Gasteiger partial charge >= 0.3 is 6.03 Å². The fourth-order valence-electron chi connectivity index (χ4n) is 2.10. The van der Waals surface area contributed by atoms with E-state index in [2.05, 4.69) is 10.6 Å². The monoisotopic (exact) mass is 333 g/mol. The number of hydrogen-bond donors (Lipinski definition) is 3. The summed E-state index contributed by atoms with van der Waals surface area (Å²) in [6, 6.07) is 13.6. The zero-order chi connectivity index (χ0) is 16.8. The molecule has 2 aromatic rings. The summed E-state index contributed by atoms with van der Waals surface area (Å²) in [5, 5.41) is 15.6. The van der Waals surface area contributed by atoms with Crippen molar-refractivity contribution >= 4 is 29.0 Å². The summed E-state index contributed by atoms with van der Waals surface area (Å²) in [6.45, 7) is -0.200. The lowest BCUT2D eigenvalue weighted by Gasteiger charge is -2.18. The van der Waals surface area contributed by atoms with Gasteiger partial charge in [-0.3, -0.25) is 0 Å². The van der Waals surface area contributed by atoms with Crippen LogP contribution in [0, 0.1) is 0 Å². The SMILES string of the molecule is CN(C)c1ccc(NC(=O)NC(CO)c2ccc(Cl)cc2)cc1. The molecule has 122 valence electrons. The van der Waals surface area contributed by atoms with Crippen molar-refractivity contribution in [2.24, 2.45) is 0 Å². The third kappa shape index (κ3) is 4.87. The van der Waals surface area contributed by atoms with Crippen molar-refractivity contribution in [1.29, 1.82) is 0 Å². The summed E-state index contributed by atoms with van der Waals surface area (Å²) in [4.78, 5) is 14.0. The highest BCUT2D eigenvalue weighted by atomic mass is 35.5. The summed E-state index contributed by atoms with van der Waals surface area (Å²) in [5.74, 6) is 0. The van der Waals surface area contributed by atoms with Crippen LogP contribution in [0.5, 0.6) is 0 Å². The number of amides is 2. The van der Waals surface area contributed by atoms with Crippen LogP contribution >= 0.6 is 11.6 Å². The van der Waals surface area contributed by atoms with Gasteiger partial charge in [-0.1, -0.05) is 23.7 Å². The third-order valence-corrected chi connectivity index (χ3v) is 3.65. The molecule has 23 heavy (non-hydrogen) atoms. The van der Waals surface area contributed by atoms with Gasteiger partial charge in [0.25, 0.3) is 0 Å². The number of carbonyl (C=O) groups is 1. The van der Waals surface area contributed by atoms with Crippen molar-refractivity contribution in [3.8, 4) is 0 Å². The number of nitrogens with zero attached hydrogens (tertiary/aromatic N) is 1. The number of aliphatic hydroxyl groups excluding tert-OH is 1. The predicted molar refractivity (Wildman–Crippen MR) is 94.2 cm³/mol. The molecule has 6 heteroatoms. The molecular weight excluding hydrogens is 314 g/mol. The Kier molecular flexibility index (Phi) is 5.84. The lowest BCUT2D eigenvalue weighted by Crippen LogP contribution is -2.34. The van der Waals surface area contributed by atoms with E-state index in [1.807, 2.05) is 43.3 Å². The third-order valence-electron chi connectivity index (χ3n) is 3.40. The van der Waals surface area contributed by atoms with Gasteiger partial charge in [0, 0.05) is 30.5 Å². The van der Waals surface area contributed by atoms with Crippen LogP contribution < -0.4 is 15.5 Å². The molecule has 2 rings (SSSR count). The maximum atomic E-state index is 12.1. The standard InChI is InChI=1S/C17H20ClN3O2/c1-21(2)15-9-7-14(8-10-15)19-17(23)20-16(11-22)12-3-5-13(18)6-4-12/h3-10,16,22H,11H2,1-2H3,(H2,19,20,23). The van der Waals surface area contributed by atoms with Crippen molar-refractivity contribution in [2.45, 2.75) is 6.04 Å². The summed E-state index contributed by atoms with van der Waals surface area (Å²) < 4.78 is 0. The van der Waals surface area contributed by atoms with Crippen LogP contribution in [0.15, 0.2) is 48.5 Å². The van der Waals surface area contributed by atoms with Crippen molar-refractivity contribution < 1.29 is 9.90 Å². The smallest absolute Gasteiger partial charge is 0.319 e. The molecule has 0 aliphatic rings. The molecule has 1 unspecified atom stereocenters. The Labute approximate surface area is 140 Å². The minimum Gasteiger partial charge on any atom is -0.394 e. The van der Waals surface area contributed by atoms with E-state index in [0.29, 0.717) is 10.7 Å². The van der Waals surface area contributed by atoms with Gasteiger partial charge in [0.2, 0.25) is 0 Å². The maximum Gasteiger partial charge on any atom is 0.319 e. The van der Waals surface area contributed by atoms with Crippen LogP contribution in [0.2, 0.25) is 5.02 Å². The minimum absolute atomic E-state index is 0.200. The van der Waals surface area contributed by atoms with Gasteiger partial charge in [-0.25, -0.2) is 4.79 Å². The molecule has 0 aliphatic heterocycles. The van der Waals surface area contributed by atoms with Crippen LogP contribution in [-0.4, -0.2) is 31.8 Å². The normalized spacial score (nSPS) is 11.7. The lowest BCUT2D eigenvalue weighted by atomic mass is 10.1. The Morgan fingerprint density at radius 3 is 2.26 bits per heavy atom. The highest BCUT2D eigenvalue weighted by Gasteiger charge is 2.13. The summed E-state index contributed by atoms with van der Waals surface area (Å²) >= 11 is 5.84. The average Bonchev–Trinajstić information content (AvgIpc) is 2.54. The van der Waals surface area contributed by atoms with Crippen molar-refractivity contribution in [3.05, 3.63) is 59.1 Å². The Balaban J connectivity index is 1.98. The largest absolute Gasteiger partial charge is 0.394 e. The van der Waals surface area contributed by atoms with E-state index in [9.17, 15) is 9.90 Å². The molecule has 1 atom stereocenters. The molecule has 0 heterocycles. The predicted octanol–water partition coefficient (Wildman–Crippen LogP) is 3.26. The van der Waals surface area contributed by atoms with Crippen LogP contribution in [-0.2, 0) is 0 Å². The van der Waals surface area contributed by atoms with Crippen LogP contribution in [0.25, 0.3) is 0 Å². The fourth-order valence-corrected chi connectivity index (χ4v) is 2.22. The van der Waals surface area contributed by atoms with Crippen molar-refractivity contribution in [1.82, 2.24) is 5.32 Å². The number of carbonyl (C=O) groups excluding carboxylic acids is 1. The van der Waals surface area contributed by atoms with Gasteiger partial charge in [0.05, 0.1) is 12.6 Å². The fraction of sp³-hybridized carbons (Fsp3) is 0.235. The number of hydrogen-bond acceptors (Lipinski definition) is 3. The second-order valence-corrected chi connectivity index (χ2v) is 5.76. The van der Waals surface area contributed by atoms with E-state index in [1.54, 1.807) is 24.3 Å². The molecule has 0 saturated heterocycles. The molecule has 3 N–H and O–H groups in total. The van der Waals surface area contributed by atoms with Crippen molar-refractivity contribution in [2.75, 3.05) is 30.9 Å². The Bertz CT molecular complexity index is 642. The minimum atomic E-state index is -0.492. The first-order valence-electron chi connectivity index (χ1n) is 7.21. The second kappa shape index (κ2) is 7.85. The van der Waals surface area contributed by atoms with E-state index >= 15 is 0 Å². The molecule has 2 amide bonds. The van der Waals surface area contributed by atoms with E-state index in [4.69, 9.17) is 11.6 Å². The van der Waals surface area contributed by atoms with Crippen LogP contribution in [0.3, 0.4) is 0 Å². The molecule has 2 aromatic carbocycles. The first kappa shape index (κ1) is 17.1. The van der Waals surface area contributed by atoms with E-state index in [-0.39, 0.29) is 12.6 Å². The molecular formula is C17H20ClN3O2. The number of urea groups is 1. The van der Waals surface area contributed by atoms with E-state index in [1.165, 1.54) is 0 Å². The Hall–Kier alpha value is -2.24. The Morgan fingerprint density at radius 2 is 1.74 bits per heavy atom. The topological polar surface area (TPSA) is 64.6 Å². The van der Waals surface area contributed by atoms with Gasteiger partial charge in [0.15, 0.2) is 0 Å². The maximum absolute atomic E-state index is 12.1. The molecule has 0 bridgehead atoms. The van der Waals surface area contributed by atoms with Crippen LogP contribution in [0.1, 0.15) is 11.6 Å². The van der Waals surface area contributed by atoms with Gasteiger partial charge in [0.1, 0.15) is 0 Å². The van der Waals surface area contributed by atoms with Gasteiger partial charge in [-0.05, 0) is 42.0 Å². The highest BCUT2D eigenvalue weighted by Crippen LogP contribution is 2.18. The molecule has 0 aliphatic carbocycles. The number of aliphatic hydroxyl groups is 1. The lowest BCUT2D eigenvalue weighted by molar-refractivity contribution is 0.225. The Morgan fingerprint density at radius 1 is 1.13 bits per heavy atom. The van der Waals surface area contributed by atoms with E-state index in [0.717, 1.165) is 11.3 Å². The van der Waals surface area contributed by atoms with Gasteiger partial charge < -0.3 is 20.6 Å². The van der Waals surface area contributed by atoms with E-state index < -0.39 is 6.04 Å². The number of benzene rings is 2. The van der Waals surface area contributed by atoms with Crippen molar-refractivity contribution in [3.63, 3.8) is 0 Å². The zero-order valence-corrected chi connectivity index (χ0v) is 13.8. The number of rotatable bonds is 5. The number of halogens is 1. The summed E-state index contributed by atoms with van der Waals surface area (Å²) in [6.07, 6.45) is 0. The number of nitrogens with one attached hydrogen (secondary N) is 2. The highest BCUT2D eigenvalue weighted by molar-refractivity contribution is 6.30.